The third-order valence-electron chi connectivity index (χ3n) is 5.74. The standard InChI is InChI=1S/C20H29N5O/c1-20(2,3)11-25-13-4-5-14(25)9-12(8-13)24-17-15-6-7-22-19(15)23-10-16(17)18(21)26/h6-7,10,12-14H,4-5,8-9,11H2,1-3H3,(H2,21,26)(H2,22,23,24)/t13-,14-/m0/s1. The van der Waals surface area contributed by atoms with Crippen LogP contribution in [0.3, 0.4) is 0 Å². The molecule has 2 fully saturated rings. The fourth-order valence-electron chi connectivity index (χ4n) is 4.75. The van der Waals surface area contributed by atoms with E-state index < -0.39 is 5.91 Å². The van der Waals surface area contributed by atoms with Gasteiger partial charge in [-0.05, 0) is 37.2 Å². The summed E-state index contributed by atoms with van der Waals surface area (Å²) in [6.45, 7) is 8.10. The van der Waals surface area contributed by atoms with E-state index in [1.54, 1.807) is 6.20 Å². The van der Waals surface area contributed by atoms with E-state index >= 15 is 0 Å². The van der Waals surface area contributed by atoms with E-state index in [9.17, 15) is 4.79 Å². The highest BCUT2D eigenvalue weighted by Crippen LogP contribution is 2.39. The number of fused-ring (bicyclic) bond motifs is 3. The summed E-state index contributed by atoms with van der Waals surface area (Å²) < 4.78 is 0. The molecule has 140 valence electrons. The second kappa shape index (κ2) is 6.27. The van der Waals surface area contributed by atoms with Gasteiger partial charge >= 0.3 is 0 Å². The molecule has 2 aromatic rings. The van der Waals surface area contributed by atoms with Gasteiger partial charge in [-0.3, -0.25) is 9.69 Å². The zero-order valence-corrected chi connectivity index (χ0v) is 15.9. The van der Waals surface area contributed by atoms with Crippen LogP contribution >= 0.6 is 0 Å². The Kier molecular flexibility index (Phi) is 4.18. The zero-order chi connectivity index (χ0) is 18.5. The molecule has 0 saturated carbocycles. The van der Waals surface area contributed by atoms with Crippen molar-refractivity contribution in [3.05, 3.63) is 24.0 Å². The van der Waals surface area contributed by atoms with Crippen molar-refractivity contribution in [2.45, 2.75) is 64.6 Å². The molecule has 0 unspecified atom stereocenters. The van der Waals surface area contributed by atoms with Crippen LogP contribution in [0.4, 0.5) is 5.69 Å². The smallest absolute Gasteiger partial charge is 0.252 e. The molecular weight excluding hydrogens is 326 g/mol. The molecular formula is C20H29N5O. The molecule has 6 nitrogen and oxygen atoms in total. The predicted molar refractivity (Wildman–Crippen MR) is 104 cm³/mol. The highest BCUT2D eigenvalue weighted by atomic mass is 16.1. The molecule has 6 heteroatoms. The molecule has 4 rings (SSSR count). The van der Waals surface area contributed by atoms with Crippen LogP contribution < -0.4 is 11.1 Å². The molecule has 0 radical (unpaired) electrons. The minimum Gasteiger partial charge on any atom is -0.381 e. The number of amides is 1. The number of aromatic amines is 1. The summed E-state index contributed by atoms with van der Waals surface area (Å²) in [5.74, 6) is -0.434. The van der Waals surface area contributed by atoms with E-state index in [1.807, 2.05) is 12.3 Å². The number of hydrogen-bond donors (Lipinski definition) is 3. The lowest BCUT2D eigenvalue weighted by Crippen LogP contribution is -2.49. The summed E-state index contributed by atoms with van der Waals surface area (Å²) in [5, 5.41) is 4.59. The first-order chi connectivity index (χ1) is 12.3. The molecule has 2 aliphatic heterocycles. The number of primary amides is 1. The van der Waals surface area contributed by atoms with Crippen LogP contribution in [-0.2, 0) is 0 Å². The van der Waals surface area contributed by atoms with Crippen LogP contribution in [0.15, 0.2) is 18.5 Å². The Morgan fingerprint density at radius 2 is 2.04 bits per heavy atom. The van der Waals surface area contributed by atoms with Gasteiger partial charge in [-0.25, -0.2) is 4.98 Å². The molecule has 0 spiro atoms. The van der Waals surface area contributed by atoms with Gasteiger partial charge in [0.15, 0.2) is 0 Å². The Hall–Kier alpha value is -2.08. The average molecular weight is 355 g/mol. The van der Waals surface area contributed by atoms with Crippen molar-refractivity contribution in [3.63, 3.8) is 0 Å². The van der Waals surface area contributed by atoms with Crippen molar-refractivity contribution < 1.29 is 4.79 Å². The quantitative estimate of drug-likeness (QED) is 0.786. The highest BCUT2D eigenvalue weighted by Gasteiger charge is 2.42. The molecule has 2 saturated heterocycles. The van der Waals surface area contributed by atoms with Crippen molar-refractivity contribution in [2.75, 3.05) is 11.9 Å². The Morgan fingerprint density at radius 1 is 1.35 bits per heavy atom. The summed E-state index contributed by atoms with van der Waals surface area (Å²) in [6.07, 6.45) is 8.20. The van der Waals surface area contributed by atoms with Crippen molar-refractivity contribution in [3.8, 4) is 0 Å². The van der Waals surface area contributed by atoms with E-state index in [2.05, 4.69) is 41.0 Å². The fourth-order valence-corrected chi connectivity index (χ4v) is 4.75. The van der Waals surface area contributed by atoms with Crippen LogP contribution in [0, 0.1) is 5.41 Å². The first kappa shape index (κ1) is 17.3. The van der Waals surface area contributed by atoms with Gasteiger partial charge in [0.1, 0.15) is 5.65 Å². The van der Waals surface area contributed by atoms with Crippen LogP contribution in [0.5, 0.6) is 0 Å². The van der Waals surface area contributed by atoms with E-state index in [0.717, 1.165) is 36.1 Å². The summed E-state index contributed by atoms with van der Waals surface area (Å²) in [5.41, 5.74) is 8.01. The Balaban J connectivity index is 1.57. The minimum atomic E-state index is -0.434. The van der Waals surface area contributed by atoms with Crippen molar-refractivity contribution >= 4 is 22.6 Å². The van der Waals surface area contributed by atoms with Crippen LogP contribution in [0.25, 0.3) is 11.0 Å². The van der Waals surface area contributed by atoms with Gasteiger partial charge in [0.05, 0.1) is 11.3 Å². The Labute approximate surface area is 154 Å². The van der Waals surface area contributed by atoms with E-state index in [0.29, 0.717) is 29.1 Å². The summed E-state index contributed by atoms with van der Waals surface area (Å²) in [6, 6.07) is 3.58. The monoisotopic (exact) mass is 355 g/mol. The van der Waals surface area contributed by atoms with E-state index in [-0.39, 0.29) is 0 Å². The predicted octanol–water partition coefficient (Wildman–Crippen LogP) is 3.12. The number of aromatic nitrogens is 2. The second-order valence-electron chi connectivity index (χ2n) is 9.08. The van der Waals surface area contributed by atoms with Crippen LogP contribution in [-0.4, -0.2) is 45.4 Å². The third kappa shape index (κ3) is 3.18. The number of anilines is 1. The molecule has 2 aliphatic rings. The topological polar surface area (TPSA) is 87.0 Å². The Morgan fingerprint density at radius 3 is 2.65 bits per heavy atom. The summed E-state index contributed by atoms with van der Waals surface area (Å²) in [4.78, 5) is 22.0. The van der Waals surface area contributed by atoms with Gasteiger partial charge < -0.3 is 16.0 Å². The van der Waals surface area contributed by atoms with Crippen molar-refractivity contribution in [1.82, 2.24) is 14.9 Å². The SMILES string of the molecule is CC(C)(C)CN1[C@H]2CC[C@H]1CC(Nc1c(C(N)=O)cnc3[nH]ccc13)C2. The maximum absolute atomic E-state index is 11.9. The molecule has 4 N–H and O–H groups in total. The number of pyridine rings is 1. The fraction of sp³-hybridized carbons (Fsp3) is 0.600. The first-order valence-corrected chi connectivity index (χ1v) is 9.60. The van der Waals surface area contributed by atoms with Gasteiger partial charge in [-0.15, -0.1) is 0 Å². The van der Waals surface area contributed by atoms with Crippen molar-refractivity contribution in [2.24, 2.45) is 11.1 Å². The van der Waals surface area contributed by atoms with Crippen LogP contribution in [0.2, 0.25) is 0 Å². The molecule has 4 heterocycles. The highest BCUT2D eigenvalue weighted by molar-refractivity contribution is 6.05. The normalized spacial score (nSPS) is 26.3. The molecule has 0 aliphatic carbocycles. The number of nitrogens with one attached hydrogen (secondary N) is 2. The lowest BCUT2D eigenvalue weighted by molar-refractivity contribution is 0.0905. The number of nitrogens with two attached hydrogens (primary N) is 1. The number of rotatable bonds is 4. The van der Waals surface area contributed by atoms with Gasteiger partial charge in [-0.1, -0.05) is 20.8 Å². The Bertz CT molecular complexity index is 807. The minimum absolute atomic E-state index is 0.322. The number of hydrogen-bond acceptors (Lipinski definition) is 4. The lowest BCUT2D eigenvalue weighted by atomic mass is 9.90. The largest absolute Gasteiger partial charge is 0.381 e. The first-order valence-electron chi connectivity index (χ1n) is 9.60. The third-order valence-corrected chi connectivity index (χ3v) is 5.74. The van der Waals surface area contributed by atoms with Crippen LogP contribution in [0.1, 0.15) is 56.8 Å². The second-order valence-corrected chi connectivity index (χ2v) is 9.08. The number of carbonyl (C=O) groups excluding carboxylic acids is 1. The zero-order valence-electron chi connectivity index (χ0n) is 15.9. The summed E-state index contributed by atoms with van der Waals surface area (Å²) >= 11 is 0. The average Bonchev–Trinajstić information content (AvgIpc) is 3.09. The number of H-pyrrole nitrogens is 1. The van der Waals surface area contributed by atoms with Gasteiger partial charge in [0, 0.05) is 42.5 Å². The molecule has 0 aromatic carbocycles. The molecule has 2 bridgehead atoms. The maximum atomic E-state index is 11.9. The maximum Gasteiger partial charge on any atom is 0.252 e. The van der Waals surface area contributed by atoms with Gasteiger partial charge in [0.2, 0.25) is 0 Å². The molecule has 26 heavy (non-hydrogen) atoms. The lowest BCUT2D eigenvalue weighted by Gasteiger charge is -2.42. The van der Waals surface area contributed by atoms with E-state index in [1.165, 1.54) is 12.8 Å². The number of piperidine rings is 1. The molecule has 1 amide bonds. The van der Waals surface area contributed by atoms with Crippen molar-refractivity contribution in [1.29, 1.82) is 0 Å². The summed E-state index contributed by atoms with van der Waals surface area (Å²) in [7, 11) is 0. The van der Waals surface area contributed by atoms with E-state index in [4.69, 9.17) is 5.73 Å². The number of carbonyl (C=O) groups is 1. The van der Waals surface area contributed by atoms with Gasteiger partial charge in [-0.2, -0.15) is 0 Å². The van der Waals surface area contributed by atoms with Gasteiger partial charge in [0.25, 0.3) is 5.91 Å². The number of nitrogens with zero attached hydrogens (tertiary/aromatic N) is 2. The molecule has 2 atom stereocenters. The molecule has 2 aromatic heterocycles.